The molecule has 0 atom stereocenters. The standard InChI is InChI=1S/C17H16Br2N2O2S/c1-11-7-13(18)8-14(19)16(11)23-10-15(22)21-17(24)20-9-12-5-3-2-4-6-12/h2-8H,9-10H2,1H3,(H2,20,21,22,24). The second-order valence-corrected chi connectivity index (χ2v) is 7.22. The van der Waals surface area contributed by atoms with Gasteiger partial charge in [-0.3, -0.25) is 4.79 Å². The summed E-state index contributed by atoms with van der Waals surface area (Å²) < 4.78 is 7.30. The van der Waals surface area contributed by atoms with E-state index in [0.29, 0.717) is 12.3 Å². The zero-order valence-corrected chi connectivity index (χ0v) is 16.9. The minimum atomic E-state index is -0.310. The number of halogens is 2. The summed E-state index contributed by atoms with van der Waals surface area (Å²) in [6, 6.07) is 13.6. The molecule has 2 rings (SSSR count). The quantitative estimate of drug-likeness (QED) is 0.645. The van der Waals surface area contributed by atoms with Crippen LogP contribution >= 0.6 is 44.1 Å². The van der Waals surface area contributed by atoms with Crippen LogP contribution in [0.3, 0.4) is 0 Å². The number of ether oxygens (including phenoxy) is 1. The number of amides is 1. The van der Waals surface area contributed by atoms with Crippen molar-refractivity contribution < 1.29 is 9.53 Å². The second-order valence-electron chi connectivity index (χ2n) is 5.04. The smallest absolute Gasteiger partial charge is 0.264 e. The molecule has 0 aliphatic rings. The minimum absolute atomic E-state index is 0.117. The Bertz CT molecular complexity index is 716. The topological polar surface area (TPSA) is 50.4 Å². The zero-order chi connectivity index (χ0) is 17.5. The van der Waals surface area contributed by atoms with Crippen molar-refractivity contribution in [3.63, 3.8) is 0 Å². The molecule has 0 saturated heterocycles. The molecule has 126 valence electrons. The molecular weight excluding hydrogens is 456 g/mol. The number of rotatable bonds is 5. The highest BCUT2D eigenvalue weighted by Gasteiger charge is 2.10. The highest BCUT2D eigenvalue weighted by atomic mass is 79.9. The monoisotopic (exact) mass is 470 g/mol. The van der Waals surface area contributed by atoms with Crippen LogP contribution in [0.15, 0.2) is 51.4 Å². The molecule has 7 heteroatoms. The predicted molar refractivity (Wildman–Crippen MR) is 106 cm³/mol. The molecule has 1 amide bonds. The van der Waals surface area contributed by atoms with Crippen molar-refractivity contribution in [2.75, 3.05) is 6.61 Å². The first-order valence-electron chi connectivity index (χ1n) is 7.16. The third kappa shape index (κ3) is 5.89. The van der Waals surface area contributed by atoms with Gasteiger partial charge in [0.25, 0.3) is 5.91 Å². The highest BCUT2D eigenvalue weighted by molar-refractivity contribution is 9.11. The van der Waals surface area contributed by atoms with Gasteiger partial charge in [-0.15, -0.1) is 0 Å². The summed E-state index contributed by atoms with van der Waals surface area (Å²) in [5.41, 5.74) is 2.01. The molecule has 0 saturated carbocycles. The fourth-order valence-corrected chi connectivity index (χ4v) is 3.73. The molecular formula is C17H16Br2N2O2S. The second kappa shape index (κ2) is 9.15. The first-order chi connectivity index (χ1) is 11.5. The van der Waals surface area contributed by atoms with E-state index in [2.05, 4.69) is 42.5 Å². The number of aryl methyl sites for hydroxylation is 1. The molecule has 0 bridgehead atoms. The number of nitrogens with one attached hydrogen (secondary N) is 2. The maximum absolute atomic E-state index is 11.9. The Balaban J connectivity index is 1.80. The van der Waals surface area contributed by atoms with Crippen molar-refractivity contribution in [1.29, 1.82) is 0 Å². The molecule has 0 aliphatic heterocycles. The van der Waals surface area contributed by atoms with Crippen LogP contribution in [0.5, 0.6) is 5.75 Å². The molecule has 0 aliphatic carbocycles. The van der Waals surface area contributed by atoms with Crippen molar-refractivity contribution in [3.05, 3.63) is 62.5 Å². The van der Waals surface area contributed by atoms with E-state index in [1.165, 1.54) is 0 Å². The number of hydrogen-bond acceptors (Lipinski definition) is 3. The van der Waals surface area contributed by atoms with Crippen molar-refractivity contribution in [2.24, 2.45) is 0 Å². The van der Waals surface area contributed by atoms with E-state index in [0.717, 1.165) is 20.1 Å². The molecule has 4 nitrogen and oxygen atoms in total. The SMILES string of the molecule is Cc1cc(Br)cc(Br)c1OCC(=O)NC(=S)NCc1ccccc1. The van der Waals surface area contributed by atoms with Crippen molar-refractivity contribution in [1.82, 2.24) is 10.6 Å². The van der Waals surface area contributed by atoms with Gasteiger partial charge in [-0.2, -0.15) is 0 Å². The van der Waals surface area contributed by atoms with E-state index in [1.54, 1.807) is 0 Å². The molecule has 2 aromatic rings. The first kappa shape index (κ1) is 18.9. The number of carbonyl (C=O) groups is 1. The Hall–Kier alpha value is -1.44. The van der Waals surface area contributed by atoms with Gasteiger partial charge in [0.2, 0.25) is 0 Å². The predicted octanol–water partition coefficient (Wildman–Crippen LogP) is 4.09. The fraction of sp³-hybridized carbons (Fsp3) is 0.176. The lowest BCUT2D eigenvalue weighted by Crippen LogP contribution is -2.41. The third-order valence-electron chi connectivity index (χ3n) is 3.09. The molecule has 0 radical (unpaired) electrons. The Morgan fingerprint density at radius 2 is 1.92 bits per heavy atom. The summed E-state index contributed by atoms with van der Waals surface area (Å²) >= 11 is 11.9. The molecule has 0 heterocycles. The molecule has 0 fully saturated rings. The Labute approximate surface area is 163 Å². The van der Waals surface area contributed by atoms with E-state index in [-0.39, 0.29) is 17.6 Å². The summed E-state index contributed by atoms with van der Waals surface area (Å²) in [4.78, 5) is 11.9. The maximum atomic E-state index is 11.9. The zero-order valence-electron chi connectivity index (χ0n) is 12.9. The highest BCUT2D eigenvalue weighted by Crippen LogP contribution is 2.32. The summed E-state index contributed by atoms with van der Waals surface area (Å²) in [5.74, 6) is 0.325. The van der Waals surface area contributed by atoms with Gasteiger partial charge >= 0.3 is 0 Å². The Morgan fingerprint density at radius 3 is 2.58 bits per heavy atom. The van der Waals surface area contributed by atoms with Gasteiger partial charge in [0, 0.05) is 11.0 Å². The lowest BCUT2D eigenvalue weighted by atomic mass is 10.2. The summed E-state index contributed by atoms with van der Waals surface area (Å²) in [6.45, 7) is 2.35. The molecule has 0 unspecified atom stereocenters. The van der Waals surface area contributed by atoms with Crippen LogP contribution in [0.25, 0.3) is 0 Å². The number of carbonyl (C=O) groups excluding carboxylic acids is 1. The molecule has 2 aromatic carbocycles. The summed E-state index contributed by atoms with van der Waals surface area (Å²) in [5, 5.41) is 5.87. The van der Waals surface area contributed by atoms with Crippen LogP contribution in [0.2, 0.25) is 0 Å². The van der Waals surface area contributed by atoms with Gasteiger partial charge in [-0.05, 0) is 58.3 Å². The third-order valence-corrected chi connectivity index (χ3v) is 4.38. The lowest BCUT2D eigenvalue weighted by molar-refractivity contribution is -0.121. The van der Waals surface area contributed by atoms with Crippen LogP contribution in [-0.2, 0) is 11.3 Å². The van der Waals surface area contributed by atoms with Crippen LogP contribution in [0.1, 0.15) is 11.1 Å². The minimum Gasteiger partial charge on any atom is -0.482 e. The number of thiocarbonyl (C=S) groups is 1. The molecule has 0 aromatic heterocycles. The van der Waals surface area contributed by atoms with E-state index in [4.69, 9.17) is 17.0 Å². The lowest BCUT2D eigenvalue weighted by Gasteiger charge is -2.13. The molecule has 2 N–H and O–H groups in total. The normalized spacial score (nSPS) is 10.1. The van der Waals surface area contributed by atoms with Crippen LogP contribution in [0.4, 0.5) is 0 Å². The van der Waals surface area contributed by atoms with Crippen molar-refractivity contribution >= 4 is 55.1 Å². The Kier molecular flexibility index (Phi) is 7.20. The van der Waals surface area contributed by atoms with E-state index in [9.17, 15) is 4.79 Å². The van der Waals surface area contributed by atoms with Gasteiger partial charge in [-0.1, -0.05) is 46.3 Å². The van der Waals surface area contributed by atoms with Crippen LogP contribution < -0.4 is 15.4 Å². The summed E-state index contributed by atoms with van der Waals surface area (Å²) in [6.07, 6.45) is 0. The van der Waals surface area contributed by atoms with Crippen LogP contribution in [-0.4, -0.2) is 17.6 Å². The van der Waals surface area contributed by atoms with E-state index in [1.807, 2.05) is 49.4 Å². The van der Waals surface area contributed by atoms with Gasteiger partial charge in [-0.25, -0.2) is 0 Å². The maximum Gasteiger partial charge on any atom is 0.264 e. The fourth-order valence-electron chi connectivity index (χ4n) is 1.99. The molecule has 0 spiro atoms. The van der Waals surface area contributed by atoms with E-state index < -0.39 is 0 Å². The summed E-state index contributed by atoms with van der Waals surface area (Å²) in [7, 11) is 0. The molecule has 24 heavy (non-hydrogen) atoms. The van der Waals surface area contributed by atoms with Gasteiger partial charge in [0.15, 0.2) is 11.7 Å². The Morgan fingerprint density at radius 1 is 1.21 bits per heavy atom. The van der Waals surface area contributed by atoms with Gasteiger partial charge < -0.3 is 15.4 Å². The average Bonchev–Trinajstić information content (AvgIpc) is 2.53. The largest absolute Gasteiger partial charge is 0.482 e. The number of benzene rings is 2. The first-order valence-corrected chi connectivity index (χ1v) is 9.15. The van der Waals surface area contributed by atoms with E-state index >= 15 is 0 Å². The van der Waals surface area contributed by atoms with Crippen molar-refractivity contribution in [2.45, 2.75) is 13.5 Å². The van der Waals surface area contributed by atoms with Crippen molar-refractivity contribution in [3.8, 4) is 5.75 Å². The van der Waals surface area contributed by atoms with Gasteiger partial charge in [0.1, 0.15) is 5.75 Å². The van der Waals surface area contributed by atoms with Crippen LogP contribution in [0, 0.1) is 6.92 Å². The van der Waals surface area contributed by atoms with Gasteiger partial charge in [0.05, 0.1) is 4.47 Å². The number of hydrogen-bond donors (Lipinski definition) is 2. The average molecular weight is 472 g/mol.